The van der Waals surface area contributed by atoms with E-state index in [1.54, 1.807) is 30.1 Å². The second-order valence-corrected chi connectivity index (χ2v) is 3.96. The number of rotatable bonds is 3. The fourth-order valence-corrected chi connectivity index (χ4v) is 1.80. The topological polar surface area (TPSA) is 66.8 Å². The van der Waals surface area contributed by atoms with Crippen molar-refractivity contribution in [2.75, 3.05) is 13.6 Å². The van der Waals surface area contributed by atoms with Crippen molar-refractivity contribution in [3.05, 3.63) is 29.8 Å². The highest BCUT2D eigenvalue weighted by atomic mass is 16.5. The van der Waals surface area contributed by atoms with Crippen LogP contribution in [0.2, 0.25) is 0 Å². The van der Waals surface area contributed by atoms with Crippen LogP contribution < -0.4 is 4.74 Å². The lowest BCUT2D eigenvalue weighted by Gasteiger charge is -2.14. The summed E-state index contributed by atoms with van der Waals surface area (Å²) in [6.07, 6.45) is 0.0176. The van der Waals surface area contributed by atoms with Gasteiger partial charge in [0.2, 0.25) is 0 Å². The van der Waals surface area contributed by atoms with Gasteiger partial charge in [-0.25, -0.2) is 4.79 Å². The SMILES string of the molecule is CN1CC[C@H](Oc2ccccc2C(=O)O)C1=O. The molecular formula is C12H13NO4. The van der Waals surface area contributed by atoms with Crippen LogP contribution in [0.3, 0.4) is 0 Å². The van der Waals surface area contributed by atoms with Crippen molar-refractivity contribution in [1.29, 1.82) is 0 Å². The molecule has 1 fully saturated rings. The predicted octanol–water partition coefficient (Wildman–Crippen LogP) is 0.994. The van der Waals surface area contributed by atoms with Gasteiger partial charge in [0.15, 0.2) is 6.10 Å². The largest absolute Gasteiger partial charge is 0.480 e. The molecule has 1 aliphatic heterocycles. The molecule has 1 heterocycles. The average molecular weight is 235 g/mol. The Labute approximate surface area is 98.6 Å². The van der Waals surface area contributed by atoms with Crippen LogP contribution in [0.4, 0.5) is 0 Å². The normalized spacial score (nSPS) is 19.5. The van der Waals surface area contributed by atoms with Crippen LogP contribution in [0, 0.1) is 0 Å². The lowest BCUT2D eigenvalue weighted by atomic mass is 10.2. The Morgan fingerprint density at radius 1 is 1.47 bits per heavy atom. The van der Waals surface area contributed by atoms with Gasteiger partial charge >= 0.3 is 5.97 Å². The second-order valence-electron chi connectivity index (χ2n) is 3.96. The number of carboxylic acids is 1. The molecule has 1 atom stereocenters. The number of nitrogens with zero attached hydrogens (tertiary/aromatic N) is 1. The average Bonchev–Trinajstić information content (AvgIpc) is 2.61. The standard InChI is InChI=1S/C12H13NO4/c1-13-7-6-10(11(13)14)17-9-5-3-2-4-8(9)12(15)16/h2-5,10H,6-7H2,1H3,(H,15,16)/t10-/m0/s1. The van der Waals surface area contributed by atoms with Crippen molar-refractivity contribution in [2.24, 2.45) is 0 Å². The molecule has 0 radical (unpaired) electrons. The number of carboxylic acid groups (broad SMARTS) is 1. The van der Waals surface area contributed by atoms with E-state index in [0.717, 1.165) is 0 Å². The first-order chi connectivity index (χ1) is 8.09. The van der Waals surface area contributed by atoms with Crippen molar-refractivity contribution in [3.8, 4) is 5.75 Å². The number of carbonyl (C=O) groups is 2. The number of ether oxygens (including phenoxy) is 1. The maximum absolute atomic E-state index is 11.6. The van der Waals surface area contributed by atoms with E-state index in [0.29, 0.717) is 13.0 Å². The van der Waals surface area contributed by atoms with Crippen LogP contribution >= 0.6 is 0 Å². The van der Waals surface area contributed by atoms with Gasteiger partial charge in [0, 0.05) is 20.0 Å². The van der Waals surface area contributed by atoms with Gasteiger partial charge in [0.1, 0.15) is 11.3 Å². The van der Waals surface area contributed by atoms with Gasteiger partial charge in [-0.3, -0.25) is 4.79 Å². The first kappa shape index (κ1) is 11.4. The molecular weight excluding hydrogens is 222 g/mol. The highest BCUT2D eigenvalue weighted by Crippen LogP contribution is 2.22. The molecule has 90 valence electrons. The number of aromatic carboxylic acids is 1. The molecule has 0 bridgehead atoms. The molecule has 5 heteroatoms. The second kappa shape index (κ2) is 4.45. The molecule has 0 unspecified atom stereocenters. The molecule has 1 aromatic carbocycles. The van der Waals surface area contributed by atoms with E-state index in [1.165, 1.54) is 6.07 Å². The first-order valence-corrected chi connectivity index (χ1v) is 5.33. The third-order valence-corrected chi connectivity index (χ3v) is 2.77. The Balaban J connectivity index is 2.19. The molecule has 17 heavy (non-hydrogen) atoms. The lowest BCUT2D eigenvalue weighted by Crippen LogP contribution is -2.29. The number of hydrogen-bond acceptors (Lipinski definition) is 3. The van der Waals surface area contributed by atoms with Gasteiger partial charge in [0.25, 0.3) is 5.91 Å². The van der Waals surface area contributed by atoms with E-state index >= 15 is 0 Å². The number of para-hydroxylation sites is 1. The summed E-state index contributed by atoms with van der Waals surface area (Å²) in [6.45, 7) is 0.638. The van der Waals surface area contributed by atoms with Crippen LogP contribution in [-0.2, 0) is 4.79 Å². The van der Waals surface area contributed by atoms with Crippen molar-refractivity contribution >= 4 is 11.9 Å². The molecule has 2 rings (SSSR count). The molecule has 0 aliphatic carbocycles. The highest BCUT2D eigenvalue weighted by molar-refractivity contribution is 5.91. The number of likely N-dealkylation sites (tertiary alicyclic amines) is 1. The zero-order chi connectivity index (χ0) is 12.4. The Kier molecular flexibility index (Phi) is 2.99. The predicted molar refractivity (Wildman–Crippen MR) is 60.1 cm³/mol. The van der Waals surface area contributed by atoms with Crippen LogP contribution in [0.1, 0.15) is 16.8 Å². The van der Waals surface area contributed by atoms with Crippen LogP contribution in [0.25, 0.3) is 0 Å². The van der Waals surface area contributed by atoms with Crippen molar-refractivity contribution < 1.29 is 19.4 Å². The van der Waals surface area contributed by atoms with E-state index in [1.807, 2.05) is 0 Å². The van der Waals surface area contributed by atoms with Gasteiger partial charge in [-0.05, 0) is 12.1 Å². The summed E-state index contributed by atoms with van der Waals surface area (Å²) in [7, 11) is 1.70. The van der Waals surface area contributed by atoms with Gasteiger partial charge in [-0.1, -0.05) is 12.1 Å². The molecule has 0 aromatic heterocycles. The van der Waals surface area contributed by atoms with Gasteiger partial charge in [0.05, 0.1) is 0 Å². The monoisotopic (exact) mass is 235 g/mol. The summed E-state index contributed by atoms with van der Waals surface area (Å²) in [5.74, 6) is -0.918. The molecule has 0 saturated carbocycles. The van der Waals surface area contributed by atoms with E-state index in [-0.39, 0.29) is 17.2 Å². The lowest BCUT2D eigenvalue weighted by molar-refractivity contribution is -0.132. The third-order valence-electron chi connectivity index (χ3n) is 2.77. The highest BCUT2D eigenvalue weighted by Gasteiger charge is 2.31. The summed E-state index contributed by atoms with van der Waals surface area (Å²) in [4.78, 5) is 24.2. The summed E-state index contributed by atoms with van der Waals surface area (Å²) in [6, 6.07) is 6.33. The maximum Gasteiger partial charge on any atom is 0.339 e. The molecule has 1 saturated heterocycles. The number of likely N-dealkylation sites (N-methyl/N-ethyl adjacent to an activating group) is 1. The third kappa shape index (κ3) is 2.22. The van der Waals surface area contributed by atoms with Crippen molar-refractivity contribution in [3.63, 3.8) is 0 Å². The number of amides is 1. The van der Waals surface area contributed by atoms with Crippen molar-refractivity contribution in [1.82, 2.24) is 4.90 Å². The van der Waals surface area contributed by atoms with E-state index in [2.05, 4.69) is 0 Å². The molecule has 1 aliphatic rings. The molecule has 5 nitrogen and oxygen atoms in total. The minimum absolute atomic E-state index is 0.0786. The zero-order valence-electron chi connectivity index (χ0n) is 9.42. The van der Waals surface area contributed by atoms with E-state index in [9.17, 15) is 9.59 Å². The minimum Gasteiger partial charge on any atom is -0.480 e. The summed E-state index contributed by atoms with van der Waals surface area (Å²) in [5.41, 5.74) is 0.0786. The Hall–Kier alpha value is -2.04. The van der Waals surface area contributed by atoms with Gasteiger partial charge in [-0.2, -0.15) is 0 Å². The minimum atomic E-state index is -1.06. The smallest absolute Gasteiger partial charge is 0.339 e. The zero-order valence-corrected chi connectivity index (χ0v) is 9.42. The van der Waals surface area contributed by atoms with Crippen LogP contribution in [0.5, 0.6) is 5.75 Å². The summed E-state index contributed by atoms with van der Waals surface area (Å²) in [5, 5.41) is 8.98. The number of hydrogen-bond donors (Lipinski definition) is 1. The maximum atomic E-state index is 11.6. The summed E-state index contributed by atoms with van der Waals surface area (Å²) < 4.78 is 5.48. The molecule has 1 aromatic rings. The van der Waals surface area contributed by atoms with Crippen molar-refractivity contribution in [2.45, 2.75) is 12.5 Å². The Morgan fingerprint density at radius 2 is 2.18 bits per heavy atom. The van der Waals surface area contributed by atoms with Gasteiger partial charge in [-0.15, -0.1) is 0 Å². The number of carbonyl (C=O) groups excluding carboxylic acids is 1. The fraction of sp³-hybridized carbons (Fsp3) is 0.333. The Morgan fingerprint density at radius 3 is 2.76 bits per heavy atom. The van der Waals surface area contributed by atoms with Crippen LogP contribution in [0.15, 0.2) is 24.3 Å². The summed E-state index contributed by atoms with van der Waals surface area (Å²) >= 11 is 0. The first-order valence-electron chi connectivity index (χ1n) is 5.33. The molecule has 1 N–H and O–H groups in total. The number of benzene rings is 1. The Bertz CT molecular complexity index is 458. The fourth-order valence-electron chi connectivity index (χ4n) is 1.80. The van der Waals surface area contributed by atoms with E-state index < -0.39 is 12.1 Å². The van der Waals surface area contributed by atoms with Gasteiger partial charge < -0.3 is 14.7 Å². The van der Waals surface area contributed by atoms with E-state index in [4.69, 9.17) is 9.84 Å². The quantitative estimate of drug-likeness (QED) is 0.848. The molecule has 1 amide bonds. The van der Waals surface area contributed by atoms with Crippen LogP contribution in [-0.4, -0.2) is 41.6 Å². The molecule has 0 spiro atoms.